The molecule has 0 amide bonds. The summed E-state index contributed by atoms with van der Waals surface area (Å²) in [6.45, 7) is 0.778. The van der Waals surface area contributed by atoms with E-state index < -0.39 is 5.97 Å². The van der Waals surface area contributed by atoms with Crippen molar-refractivity contribution in [1.29, 1.82) is 0 Å². The predicted molar refractivity (Wildman–Crippen MR) is 156 cm³/mol. The lowest BCUT2D eigenvalue weighted by Gasteiger charge is -2.23. The van der Waals surface area contributed by atoms with Gasteiger partial charge < -0.3 is 23.9 Å². The van der Waals surface area contributed by atoms with Gasteiger partial charge in [0.2, 0.25) is 0 Å². The van der Waals surface area contributed by atoms with E-state index in [0.717, 1.165) is 46.6 Å². The number of hydrogen-bond acceptors (Lipinski definition) is 5. The molecule has 0 aliphatic heterocycles. The highest BCUT2D eigenvalue weighted by Crippen LogP contribution is 2.29. The molecule has 0 saturated heterocycles. The largest absolute Gasteiger partial charge is 0.493 e. The lowest BCUT2D eigenvalue weighted by molar-refractivity contribution is -0.136. The van der Waals surface area contributed by atoms with Crippen molar-refractivity contribution in [2.45, 2.75) is 64.1 Å². The fraction of sp³-hybridized carbons (Fsp3) is 0.375. The molecule has 40 heavy (non-hydrogen) atoms. The van der Waals surface area contributed by atoms with Gasteiger partial charge in [-0.15, -0.1) is 0 Å². The lowest BCUT2D eigenvalue weighted by atomic mass is 9.98. The average Bonchev–Trinajstić information content (AvgIpc) is 3.27. The number of carboxylic acids is 1. The van der Waals surface area contributed by atoms with Crippen LogP contribution in [-0.4, -0.2) is 33.3 Å². The maximum atomic E-state index is 11.1. The molecule has 4 aromatic rings. The smallest absolute Gasteiger partial charge is 0.303 e. The van der Waals surface area contributed by atoms with Crippen molar-refractivity contribution in [3.63, 3.8) is 0 Å². The van der Waals surface area contributed by atoms with Crippen molar-refractivity contribution in [3.05, 3.63) is 82.6 Å². The minimum atomic E-state index is -0.848. The first-order valence-electron chi connectivity index (χ1n) is 13.9. The predicted octanol–water partition coefficient (Wildman–Crippen LogP) is 7.16. The minimum absolute atomic E-state index is 0.0254. The van der Waals surface area contributed by atoms with Gasteiger partial charge in [0.15, 0.2) is 0 Å². The van der Waals surface area contributed by atoms with Crippen molar-refractivity contribution in [2.75, 3.05) is 6.61 Å². The van der Waals surface area contributed by atoms with Crippen LogP contribution < -0.4 is 14.2 Å². The summed E-state index contributed by atoms with van der Waals surface area (Å²) >= 11 is 5.99. The SMILES string of the molecule is Cn1c(CCOc2ccc(CCC(=O)O)c(OCc3ccc(Cl)cc3)c2)nc2ccc(OC3CCCCC3)cc21. The van der Waals surface area contributed by atoms with Crippen molar-refractivity contribution in [1.82, 2.24) is 9.55 Å². The highest BCUT2D eigenvalue weighted by molar-refractivity contribution is 6.30. The van der Waals surface area contributed by atoms with E-state index in [1.165, 1.54) is 19.3 Å². The number of fused-ring (bicyclic) bond motifs is 1. The van der Waals surface area contributed by atoms with Crippen LogP contribution in [0.5, 0.6) is 17.2 Å². The van der Waals surface area contributed by atoms with Gasteiger partial charge in [-0.05, 0) is 73.6 Å². The molecule has 0 bridgehead atoms. The Morgan fingerprint density at radius 3 is 2.52 bits per heavy atom. The van der Waals surface area contributed by atoms with E-state index in [-0.39, 0.29) is 6.42 Å². The number of imidazole rings is 1. The monoisotopic (exact) mass is 562 g/mol. The van der Waals surface area contributed by atoms with Gasteiger partial charge in [0.1, 0.15) is 29.7 Å². The number of aliphatic carboxylic acids is 1. The number of aryl methyl sites for hydroxylation is 2. The van der Waals surface area contributed by atoms with E-state index in [1.54, 1.807) is 0 Å². The Hall–Kier alpha value is -3.71. The molecule has 0 radical (unpaired) electrons. The third kappa shape index (κ3) is 7.27. The zero-order valence-corrected chi connectivity index (χ0v) is 23.5. The molecule has 5 rings (SSSR count). The van der Waals surface area contributed by atoms with Gasteiger partial charge in [0.25, 0.3) is 0 Å². The van der Waals surface area contributed by atoms with E-state index in [9.17, 15) is 4.79 Å². The van der Waals surface area contributed by atoms with Crippen LogP contribution in [0.4, 0.5) is 0 Å². The zero-order valence-electron chi connectivity index (χ0n) is 22.8. The Balaban J connectivity index is 1.23. The topological polar surface area (TPSA) is 82.8 Å². The first-order chi connectivity index (χ1) is 19.4. The third-order valence-electron chi connectivity index (χ3n) is 7.35. The Morgan fingerprint density at radius 2 is 1.75 bits per heavy atom. The van der Waals surface area contributed by atoms with Crippen molar-refractivity contribution in [2.24, 2.45) is 7.05 Å². The van der Waals surface area contributed by atoms with E-state index in [2.05, 4.69) is 10.6 Å². The summed E-state index contributed by atoms with van der Waals surface area (Å²) in [6.07, 6.45) is 7.37. The van der Waals surface area contributed by atoms with E-state index in [4.69, 9.17) is 35.9 Å². The van der Waals surface area contributed by atoms with Crippen LogP contribution >= 0.6 is 11.6 Å². The number of hydrogen-bond donors (Lipinski definition) is 1. The molecular formula is C32H35ClN2O5. The molecule has 7 nitrogen and oxygen atoms in total. The summed E-state index contributed by atoms with van der Waals surface area (Å²) in [6, 6.07) is 19.1. The van der Waals surface area contributed by atoms with Gasteiger partial charge in [-0.3, -0.25) is 4.79 Å². The molecule has 1 aliphatic carbocycles. The van der Waals surface area contributed by atoms with Crippen molar-refractivity contribution in [3.8, 4) is 17.2 Å². The quantitative estimate of drug-likeness (QED) is 0.197. The number of ether oxygens (including phenoxy) is 3. The molecule has 0 unspecified atom stereocenters. The molecule has 210 valence electrons. The average molecular weight is 563 g/mol. The molecule has 1 N–H and O–H groups in total. The van der Waals surface area contributed by atoms with Crippen LogP contribution in [0.1, 0.15) is 55.5 Å². The van der Waals surface area contributed by atoms with E-state index in [0.29, 0.717) is 48.7 Å². The van der Waals surface area contributed by atoms with Gasteiger partial charge in [0.05, 0.1) is 23.7 Å². The van der Waals surface area contributed by atoms with Gasteiger partial charge in [0, 0.05) is 37.0 Å². The summed E-state index contributed by atoms with van der Waals surface area (Å²) in [4.78, 5) is 16.0. The molecule has 1 fully saturated rings. The standard InChI is InChI=1S/C32H35ClN2O5/c1-35-29-19-27(40-25-5-3-2-4-6-25)14-15-28(29)34-31(35)17-18-38-26-13-9-23(10-16-32(36)37)30(20-26)39-21-22-7-11-24(33)12-8-22/h7-9,11-15,19-20,25H,2-6,10,16-18,21H2,1H3,(H,36,37). The number of halogens is 1. The maximum Gasteiger partial charge on any atom is 0.303 e. The second-order valence-electron chi connectivity index (χ2n) is 10.3. The molecule has 3 aromatic carbocycles. The molecular weight excluding hydrogens is 528 g/mol. The van der Waals surface area contributed by atoms with Crippen LogP contribution in [0.3, 0.4) is 0 Å². The van der Waals surface area contributed by atoms with Crippen LogP contribution in [0.25, 0.3) is 11.0 Å². The first kappa shape index (κ1) is 27.8. The summed E-state index contributed by atoms with van der Waals surface area (Å²) in [5.41, 5.74) is 3.78. The van der Waals surface area contributed by atoms with E-state index >= 15 is 0 Å². The molecule has 1 saturated carbocycles. The molecule has 1 aliphatic rings. The number of carboxylic acid groups (broad SMARTS) is 1. The third-order valence-corrected chi connectivity index (χ3v) is 7.60. The molecule has 0 atom stereocenters. The van der Waals surface area contributed by atoms with Crippen molar-refractivity contribution >= 4 is 28.6 Å². The fourth-order valence-corrected chi connectivity index (χ4v) is 5.23. The second-order valence-corrected chi connectivity index (χ2v) is 10.7. The molecule has 1 aromatic heterocycles. The highest BCUT2D eigenvalue weighted by atomic mass is 35.5. The number of benzene rings is 3. The summed E-state index contributed by atoms with van der Waals surface area (Å²) in [7, 11) is 2.02. The van der Waals surface area contributed by atoms with Crippen LogP contribution in [0, 0.1) is 0 Å². The summed E-state index contributed by atoms with van der Waals surface area (Å²) < 4.78 is 20.5. The second kappa shape index (κ2) is 13.1. The minimum Gasteiger partial charge on any atom is -0.493 e. The Labute approximate surface area is 239 Å². The fourth-order valence-electron chi connectivity index (χ4n) is 5.10. The van der Waals surface area contributed by atoms with E-state index in [1.807, 2.05) is 61.6 Å². The first-order valence-corrected chi connectivity index (χ1v) is 14.3. The number of aromatic nitrogens is 2. The van der Waals surface area contributed by atoms with Gasteiger partial charge in [-0.1, -0.05) is 36.2 Å². The maximum absolute atomic E-state index is 11.1. The number of carbonyl (C=O) groups is 1. The highest BCUT2D eigenvalue weighted by Gasteiger charge is 2.16. The van der Waals surface area contributed by atoms with Crippen molar-refractivity contribution < 1.29 is 24.1 Å². The normalized spacial score (nSPS) is 13.8. The number of nitrogens with zero attached hydrogens (tertiary/aromatic N) is 2. The van der Waals surface area contributed by atoms with Gasteiger partial charge >= 0.3 is 5.97 Å². The van der Waals surface area contributed by atoms with Crippen LogP contribution in [0.15, 0.2) is 60.7 Å². The summed E-state index contributed by atoms with van der Waals surface area (Å²) in [5.74, 6) is 2.26. The van der Waals surface area contributed by atoms with Gasteiger partial charge in [-0.2, -0.15) is 0 Å². The zero-order chi connectivity index (χ0) is 27.9. The summed E-state index contributed by atoms with van der Waals surface area (Å²) in [5, 5.41) is 9.81. The lowest BCUT2D eigenvalue weighted by Crippen LogP contribution is -2.19. The Kier molecular flexibility index (Phi) is 9.12. The molecule has 8 heteroatoms. The van der Waals surface area contributed by atoms with Crippen LogP contribution in [0.2, 0.25) is 5.02 Å². The molecule has 0 spiro atoms. The van der Waals surface area contributed by atoms with Crippen LogP contribution in [-0.2, 0) is 31.3 Å². The number of rotatable bonds is 12. The van der Waals surface area contributed by atoms with Gasteiger partial charge in [-0.25, -0.2) is 4.98 Å². The Bertz CT molecular complexity index is 1440. The molecule has 1 heterocycles. The Morgan fingerprint density at radius 1 is 0.975 bits per heavy atom.